The summed E-state index contributed by atoms with van der Waals surface area (Å²) in [6.45, 7) is 0.198. The topological polar surface area (TPSA) is 82.3 Å². The van der Waals surface area contributed by atoms with Crippen molar-refractivity contribution >= 4 is 5.91 Å². The molecule has 0 heterocycles. The molecular weight excluding hydrogens is 299 g/mol. The van der Waals surface area contributed by atoms with Gasteiger partial charge in [-0.15, -0.1) is 0 Å². The maximum atomic E-state index is 13.1. The summed E-state index contributed by atoms with van der Waals surface area (Å²) < 4.78 is 18.6. The van der Waals surface area contributed by atoms with Crippen molar-refractivity contribution in [2.45, 2.75) is 6.61 Å². The smallest absolute Gasteiger partial charge is 0.251 e. The maximum absolute atomic E-state index is 13.1. The van der Waals surface area contributed by atoms with Crippen LogP contribution in [0.2, 0.25) is 0 Å². The molecular formula is C17H15FN2O3. The first-order valence-corrected chi connectivity index (χ1v) is 6.94. The van der Waals surface area contributed by atoms with Gasteiger partial charge in [0, 0.05) is 17.7 Å². The SMILES string of the molecule is N#Cc1cc(F)ccc1COc1ccc(C(=O)NCCO)cc1. The third kappa shape index (κ3) is 4.53. The lowest BCUT2D eigenvalue weighted by atomic mass is 10.1. The predicted octanol–water partition coefficient (Wildman–Crippen LogP) is 2.00. The van der Waals surface area contributed by atoms with Crippen LogP contribution in [0.25, 0.3) is 0 Å². The lowest BCUT2D eigenvalue weighted by molar-refractivity contribution is 0.0944. The van der Waals surface area contributed by atoms with Gasteiger partial charge in [-0.25, -0.2) is 4.39 Å². The van der Waals surface area contributed by atoms with Gasteiger partial charge in [-0.1, -0.05) is 6.07 Å². The van der Waals surface area contributed by atoms with E-state index < -0.39 is 5.82 Å². The van der Waals surface area contributed by atoms with E-state index >= 15 is 0 Å². The molecule has 0 aliphatic carbocycles. The van der Waals surface area contributed by atoms with Crippen molar-refractivity contribution in [3.05, 3.63) is 65.0 Å². The van der Waals surface area contributed by atoms with Crippen LogP contribution in [0.1, 0.15) is 21.5 Å². The summed E-state index contributed by atoms with van der Waals surface area (Å²) >= 11 is 0. The third-order valence-electron chi connectivity index (χ3n) is 3.10. The van der Waals surface area contributed by atoms with E-state index in [1.165, 1.54) is 12.1 Å². The monoisotopic (exact) mass is 314 g/mol. The van der Waals surface area contributed by atoms with Gasteiger partial charge in [0.2, 0.25) is 0 Å². The van der Waals surface area contributed by atoms with Gasteiger partial charge < -0.3 is 15.2 Å². The first kappa shape index (κ1) is 16.5. The molecule has 0 atom stereocenters. The summed E-state index contributed by atoms with van der Waals surface area (Å²) in [5.74, 6) is -0.226. The van der Waals surface area contributed by atoms with Crippen LogP contribution in [0.3, 0.4) is 0 Å². The molecule has 2 N–H and O–H groups in total. The maximum Gasteiger partial charge on any atom is 0.251 e. The lowest BCUT2D eigenvalue weighted by Crippen LogP contribution is -2.26. The van der Waals surface area contributed by atoms with Gasteiger partial charge in [0.15, 0.2) is 0 Å². The van der Waals surface area contributed by atoms with E-state index in [9.17, 15) is 9.18 Å². The zero-order chi connectivity index (χ0) is 16.7. The highest BCUT2D eigenvalue weighted by Gasteiger charge is 2.07. The highest BCUT2D eigenvalue weighted by molar-refractivity contribution is 5.94. The Balaban J connectivity index is 1.99. The van der Waals surface area contributed by atoms with Crippen LogP contribution in [0.4, 0.5) is 4.39 Å². The minimum atomic E-state index is -0.469. The Morgan fingerprint density at radius 1 is 1.26 bits per heavy atom. The number of amides is 1. The van der Waals surface area contributed by atoms with E-state index in [-0.39, 0.29) is 31.2 Å². The van der Waals surface area contributed by atoms with Crippen LogP contribution < -0.4 is 10.1 Å². The molecule has 23 heavy (non-hydrogen) atoms. The second kappa shape index (κ2) is 7.92. The number of hydrogen-bond acceptors (Lipinski definition) is 4. The van der Waals surface area contributed by atoms with Gasteiger partial charge in [-0.05, 0) is 36.4 Å². The van der Waals surface area contributed by atoms with E-state index in [0.717, 1.165) is 6.07 Å². The number of carbonyl (C=O) groups excluding carboxylic acids is 1. The fourth-order valence-corrected chi connectivity index (χ4v) is 1.91. The zero-order valence-electron chi connectivity index (χ0n) is 12.3. The Hall–Kier alpha value is -2.91. The highest BCUT2D eigenvalue weighted by Crippen LogP contribution is 2.16. The first-order valence-electron chi connectivity index (χ1n) is 6.94. The van der Waals surface area contributed by atoms with Gasteiger partial charge in [-0.2, -0.15) is 5.26 Å². The van der Waals surface area contributed by atoms with E-state index in [0.29, 0.717) is 16.9 Å². The molecule has 0 aromatic heterocycles. The largest absolute Gasteiger partial charge is 0.489 e. The number of carbonyl (C=O) groups is 1. The molecule has 118 valence electrons. The number of hydrogen-bond donors (Lipinski definition) is 2. The second-order valence-electron chi connectivity index (χ2n) is 4.71. The third-order valence-corrected chi connectivity index (χ3v) is 3.10. The molecule has 0 aliphatic heterocycles. The van der Waals surface area contributed by atoms with Gasteiger partial charge >= 0.3 is 0 Å². The van der Waals surface area contributed by atoms with Crippen LogP contribution in [0.15, 0.2) is 42.5 Å². The van der Waals surface area contributed by atoms with Crippen LogP contribution in [0.5, 0.6) is 5.75 Å². The van der Waals surface area contributed by atoms with Crippen LogP contribution in [0, 0.1) is 17.1 Å². The first-order chi connectivity index (χ1) is 11.1. The van der Waals surface area contributed by atoms with Crippen molar-refractivity contribution in [2.24, 2.45) is 0 Å². The minimum Gasteiger partial charge on any atom is -0.489 e. The Labute approximate surface area is 132 Å². The fourth-order valence-electron chi connectivity index (χ4n) is 1.91. The fraction of sp³-hybridized carbons (Fsp3) is 0.176. The Bertz CT molecular complexity index is 724. The molecule has 1 amide bonds. The summed E-state index contributed by atoms with van der Waals surface area (Å²) in [5, 5.41) is 20.2. The van der Waals surface area contributed by atoms with Crippen molar-refractivity contribution in [3.63, 3.8) is 0 Å². The number of nitrogens with zero attached hydrogens (tertiary/aromatic N) is 1. The number of aliphatic hydroxyl groups is 1. The van der Waals surface area contributed by atoms with Crippen molar-refractivity contribution in [3.8, 4) is 11.8 Å². The summed E-state index contributed by atoms with van der Waals surface area (Å²) in [6, 6.07) is 12.3. The molecule has 2 aromatic rings. The molecule has 0 fully saturated rings. The Morgan fingerprint density at radius 2 is 2.00 bits per heavy atom. The molecule has 2 rings (SSSR count). The van der Waals surface area contributed by atoms with Crippen LogP contribution in [-0.2, 0) is 6.61 Å². The normalized spacial score (nSPS) is 9.96. The molecule has 0 spiro atoms. The summed E-state index contributed by atoms with van der Waals surface area (Å²) in [6.07, 6.45) is 0. The van der Waals surface area contributed by atoms with Crippen molar-refractivity contribution < 1.29 is 19.0 Å². The average molecular weight is 314 g/mol. The van der Waals surface area contributed by atoms with E-state index in [4.69, 9.17) is 15.1 Å². The standard InChI is InChI=1S/C17H15FN2O3/c18-15-4-1-13(14(9-15)10-19)11-23-16-5-2-12(3-6-16)17(22)20-7-8-21/h1-6,9,21H,7-8,11H2,(H,20,22). The number of rotatable bonds is 6. The predicted molar refractivity (Wildman–Crippen MR) is 81.3 cm³/mol. The molecule has 0 radical (unpaired) electrons. The summed E-state index contributed by atoms with van der Waals surface area (Å²) in [4.78, 5) is 11.7. The van der Waals surface area contributed by atoms with Crippen LogP contribution >= 0.6 is 0 Å². The van der Waals surface area contributed by atoms with Crippen molar-refractivity contribution in [1.82, 2.24) is 5.32 Å². The number of nitriles is 1. The number of halogens is 1. The minimum absolute atomic E-state index is 0.119. The van der Waals surface area contributed by atoms with Gasteiger partial charge in [0.25, 0.3) is 5.91 Å². The second-order valence-corrected chi connectivity index (χ2v) is 4.71. The molecule has 0 saturated heterocycles. The zero-order valence-corrected chi connectivity index (χ0v) is 12.3. The number of nitrogens with one attached hydrogen (secondary N) is 1. The van der Waals surface area contributed by atoms with Crippen LogP contribution in [-0.4, -0.2) is 24.2 Å². The number of benzene rings is 2. The quantitative estimate of drug-likeness (QED) is 0.854. The number of aliphatic hydroxyl groups excluding tert-OH is 1. The molecule has 0 unspecified atom stereocenters. The molecule has 6 heteroatoms. The molecule has 0 aliphatic rings. The molecule has 5 nitrogen and oxygen atoms in total. The summed E-state index contributed by atoms with van der Waals surface area (Å²) in [7, 11) is 0. The highest BCUT2D eigenvalue weighted by atomic mass is 19.1. The molecule has 0 saturated carbocycles. The van der Waals surface area contributed by atoms with Gasteiger partial charge in [0.1, 0.15) is 18.2 Å². The lowest BCUT2D eigenvalue weighted by Gasteiger charge is -2.09. The van der Waals surface area contributed by atoms with Gasteiger partial charge in [0.05, 0.1) is 18.2 Å². The van der Waals surface area contributed by atoms with Crippen molar-refractivity contribution in [1.29, 1.82) is 5.26 Å². The number of ether oxygens (including phenoxy) is 1. The Morgan fingerprint density at radius 3 is 2.65 bits per heavy atom. The van der Waals surface area contributed by atoms with Crippen molar-refractivity contribution in [2.75, 3.05) is 13.2 Å². The van der Waals surface area contributed by atoms with E-state index in [2.05, 4.69) is 5.32 Å². The summed E-state index contributed by atoms with van der Waals surface area (Å²) in [5.41, 5.74) is 1.26. The van der Waals surface area contributed by atoms with Gasteiger partial charge in [-0.3, -0.25) is 4.79 Å². The van der Waals surface area contributed by atoms with E-state index in [1.54, 1.807) is 24.3 Å². The molecule has 2 aromatic carbocycles. The Kier molecular flexibility index (Phi) is 5.67. The molecule has 0 bridgehead atoms. The van der Waals surface area contributed by atoms with E-state index in [1.807, 2.05) is 6.07 Å². The average Bonchev–Trinajstić information content (AvgIpc) is 2.58.